The van der Waals surface area contributed by atoms with Crippen molar-refractivity contribution in [3.8, 4) is 11.3 Å². The third-order valence-electron chi connectivity index (χ3n) is 2.52. The second kappa shape index (κ2) is 5.35. The van der Waals surface area contributed by atoms with E-state index in [0.717, 1.165) is 22.8 Å². The predicted molar refractivity (Wildman–Crippen MR) is 79.8 cm³/mol. The summed E-state index contributed by atoms with van der Waals surface area (Å²) in [5.41, 5.74) is 8.10. The molecule has 100 valence electrons. The summed E-state index contributed by atoms with van der Waals surface area (Å²) in [5, 5.41) is 8.76. The number of anilines is 2. The Kier molecular flexibility index (Phi) is 3.40. The SMILES string of the molecule is Nc1ccc(-c2csc(NC(=O)c3cnns3)n2)cc1. The minimum atomic E-state index is -0.252. The Bertz CT molecular complexity index is 721. The molecule has 0 saturated carbocycles. The number of nitrogen functional groups attached to an aromatic ring is 1. The lowest BCUT2D eigenvalue weighted by Crippen LogP contribution is -2.09. The molecule has 1 amide bonds. The van der Waals surface area contributed by atoms with Gasteiger partial charge in [-0.1, -0.05) is 16.6 Å². The summed E-state index contributed by atoms with van der Waals surface area (Å²) in [4.78, 5) is 16.7. The Hall–Kier alpha value is -2.32. The van der Waals surface area contributed by atoms with Crippen LogP contribution in [0.3, 0.4) is 0 Å². The molecule has 8 heteroatoms. The number of nitrogens with two attached hydrogens (primary N) is 1. The van der Waals surface area contributed by atoms with Gasteiger partial charge in [0.25, 0.3) is 5.91 Å². The average molecular weight is 303 g/mol. The molecule has 3 aromatic rings. The first-order chi connectivity index (χ1) is 9.72. The minimum Gasteiger partial charge on any atom is -0.399 e. The van der Waals surface area contributed by atoms with E-state index in [1.54, 1.807) is 0 Å². The van der Waals surface area contributed by atoms with Crippen molar-refractivity contribution < 1.29 is 4.79 Å². The Morgan fingerprint density at radius 2 is 2.05 bits per heavy atom. The van der Waals surface area contributed by atoms with Gasteiger partial charge in [0.05, 0.1) is 11.9 Å². The van der Waals surface area contributed by atoms with E-state index in [9.17, 15) is 4.79 Å². The fraction of sp³-hybridized carbons (Fsp3) is 0. The highest BCUT2D eigenvalue weighted by Crippen LogP contribution is 2.25. The lowest BCUT2D eigenvalue weighted by Gasteiger charge is -1.98. The smallest absolute Gasteiger partial charge is 0.270 e. The minimum absolute atomic E-state index is 0.252. The molecule has 0 fully saturated rings. The highest BCUT2D eigenvalue weighted by Gasteiger charge is 2.11. The molecule has 1 aromatic carbocycles. The van der Waals surface area contributed by atoms with Crippen molar-refractivity contribution >= 4 is 39.6 Å². The molecule has 3 rings (SSSR count). The van der Waals surface area contributed by atoms with Crippen LogP contribution in [0.15, 0.2) is 35.8 Å². The van der Waals surface area contributed by atoms with Crippen LogP contribution in [0.1, 0.15) is 9.67 Å². The maximum atomic E-state index is 11.8. The van der Waals surface area contributed by atoms with Crippen molar-refractivity contribution in [1.82, 2.24) is 14.6 Å². The number of hydrogen-bond acceptors (Lipinski definition) is 7. The molecule has 0 bridgehead atoms. The quantitative estimate of drug-likeness (QED) is 0.725. The molecular formula is C12H9N5OS2. The van der Waals surface area contributed by atoms with Crippen LogP contribution in [-0.4, -0.2) is 20.5 Å². The van der Waals surface area contributed by atoms with E-state index >= 15 is 0 Å². The summed E-state index contributed by atoms with van der Waals surface area (Å²) in [7, 11) is 0. The number of nitrogens with one attached hydrogen (secondary N) is 1. The summed E-state index contributed by atoms with van der Waals surface area (Å²) in [6.45, 7) is 0. The number of amides is 1. The van der Waals surface area contributed by atoms with Crippen molar-refractivity contribution in [2.75, 3.05) is 11.1 Å². The summed E-state index contributed by atoms with van der Waals surface area (Å²) < 4.78 is 3.65. The Morgan fingerprint density at radius 3 is 2.75 bits per heavy atom. The third-order valence-corrected chi connectivity index (χ3v) is 3.94. The van der Waals surface area contributed by atoms with Crippen LogP contribution in [0.4, 0.5) is 10.8 Å². The number of carbonyl (C=O) groups is 1. The highest BCUT2D eigenvalue weighted by molar-refractivity contribution is 7.14. The number of nitrogens with zero attached hydrogens (tertiary/aromatic N) is 3. The zero-order valence-corrected chi connectivity index (χ0v) is 11.7. The second-order valence-electron chi connectivity index (χ2n) is 3.90. The van der Waals surface area contributed by atoms with Crippen molar-refractivity contribution in [2.45, 2.75) is 0 Å². The summed E-state index contributed by atoms with van der Waals surface area (Å²) in [5.74, 6) is -0.252. The number of rotatable bonds is 3. The topological polar surface area (TPSA) is 93.8 Å². The summed E-state index contributed by atoms with van der Waals surface area (Å²) in [6.07, 6.45) is 1.43. The molecule has 6 nitrogen and oxygen atoms in total. The van der Waals surface area contributed by atoms with Crippen LogP contribution in [0.2, 0.25) is 0 Å². The molecule has 0 spiro atoms. The molecule has 2 heterocycles. The normalized spacial score (nSPS) is 10.4. The Morgan fingerprint density at radius 1 is 1.25 bits per heavy atom. The molecule has 0 aliphatic heterocycles. The van der Waals surface area contributed by atoms with Gasteiger partial charge in [-0.3, -0.25) is 10.1 Å². The molecule has 0 atom stereocenters. The number of hydrogen-bond donors (Lipinski definition) is 2. The average Bonchev–Trinajstić information content (AvgIpc) is 3.10. The fourth-order valence-electron chi connectivity index (χ4n) is 1.54. The maximum Gasteiger partial charge on any atom is 0.270 e. The number of carbonyl (C=O) groups excluding carboxylic acids is 1. The van der Waals surface area contributed by atoms with Gasteiger partial charge in [-0.05, 0) is 23.7 Å². The molecule has 0 radical (unpaired) electrons. The zero-order valence-electron chi connectivity index (χ0n) is 10.1. The fourth-order valence-corrected chi connectivity index (χ4v) is 2.67. The molecule has 0 aliphatic rings. The molecular weight excluding hydrogens is 294 g/mol. The van der Waals surface area contributed by atoms with Crippen LogP contribution in [0.25, 0.3) is 11.3 Å². The van der Waals surface area contributed by atoms with Crippen molar-refractivity contribution in [3.05, 3.63) is 40.7 Å². The summed E-state index contributed by atoms with van der Waals surface area (Å²) >= 11 is 2.41. The van der Waals surface area contributed by atoms with Gasteiger partial charge in [-0.2, -0.15) is 0 Å². The van der Waals surface area contributed by atoms with E-state index in [-0.39, 0.29) is 5.91 Å². The molecule has 0 aliphatic carbocycles. The summed E-state index contributed by atoms with van der Waals surface area (Å²) in [6, 6.07) is 7.41. The largest absolute Gasteiger partial charge is 0.399 e. The monoisotopic (exact) mass is 303 g/mol. The van der Waals surface area contributed by atoms with E-state index in [0.29, 0.717) is 15.7 Å². The molecule has 20 heavy (non-hydrogen) atoms. The molecule has 0 saturated heterocycles. The van der Waals surface area contributed by atoms with Crippen molar-refractivity contribution in [1.29, 1.82) is 0 Å². The van der Waals surface area contributed by atoms with Gasteiger partial charge in [-0.15, -0.1) is 16.4 Å². The van der Waals surface area contributed by atoms with Gasteiger partial charge in [0, 0.05) is 16.6 Å². The third kappa shape index (κ3) is 2.65. The van der Waals surface area contributed by atoms with Crippen LogP contribution in [0.5, 0.6) is 0 Å². The first kappa shape index (κ1) is 12.7. The first-order valence-corrected chi connectivity index (χ1v) is 7.28. The molecule has 3 N–H and O–H groups in total. The second-order valence-corrected chi connectivity index (χ2v) is 5.54. The van der Waals surface area contributed by atoms with Gasteiger partial charge in [0.2, 0.25) is 0 Å². The Labute approximate surface area is 122 Å². The molecule has 2 aromatic heterocycles. The van der Waals surface area contributed by atoms with Crippen molar-refractivity contribution in [2.24, 2.45) is 0 Å². The predicted octanol–water partition coefficient (Wildman–Crippen LogP) is 2.50. The van der Waals surface area contributed by atoms with Gasteiger partial charge in [0.1, 0.15) is 4.88 Å². The van der Waals surface area contributed by atoms with E-state index in [1.807, 2.05) is 29.6 Å². The van der Waals surface area contributed by atoms with Gasteiger partial charge in [-0.25, -0.2) is 4.98 Å². The first-order valence-electron chi connectivity index (χ1n) is 5.62. The number of thiazole rings is 1. The standard InChI is InChI=1S/C12H9N5OS2/c13-8-3-1-7(2-4-8)9-6-19-12(15-9)16-11(18)10-5-14-17-20-10/h1-6H,13H2,(H,15,16,18). The van der Waals surface area contributed by atoms with Crippen LogP contribution in [0, 0.1) is 0 Å². The zero-order chi connectivity index (χ0) is 13.9. The Balaban J connectivity index is 1.77. The van der Waals surface area contributed by atoms with Gasteiger partial charge in [0.15, 0.2) is 5.13 Å². The number of aromatic nitrogens is 3. The van der Waals surface area contributed by atoms with Crippen LogP contribution in [-0.2, 0) is 0 Å². The number of benzene rings is 1. The lowest BCUT2D eigenvalue weighted by atomic mass is 10.1. The van der Waals surface area contributed by atoms with E-state index < -0.39 is 0 Å². The van der Waals surface area contributed by atoms with Gasteiger partial charge < -0.3 is 5.73 Å². The van der Waals surface area contributed by atoms with E-state index in [4.69, 9.17) is 5.73 Å². The van der Waals surface area contributed by atoms with Crippen LogP contribution >= 0.6 is 22.9 Å². The van der Waals surface area contributed by atoms with Crippen LogP contribution < -0.4 is 11.1 Å². The molecule has 0 unspecified atom stereocenters. The van der Waals surface area contributed by atoms with Crippen molar-refractivity contribution in [3.63, 3.8) is 0 Å². The van der Waals surface area contributed by atoms with Gasteiger partial charge >= 0.3 is 0 Å². The highest BCUT2D eigenvalue weighted by atomic mass is 32.1. The lowest BCUT2D eigenvalue weighted by molar-refractivity contribution is 0.103. The van der Waals surface area contributed by atoms with E-state index in [2.05, 4.69) is 19.9 Å². The van der Waals surface area contributed by atoms with E-state index in [1.165, 1.54) is 17.5 Å². The maximum absolute atomic E-state index is 11.8.